The highest BCUT2D eigenvalue weighted by molar-refractivity contribution is 7.99. The van der Waals surface area contributed by atoms with Gasteiger partial charge in [0.05, 0.1) is 5.25 Å². The lowest BCUT2D eigenvalue weighted by molar-refractivity contribution is 0.291. The summed E-state index contributed by atoms with van der Waals surface area (Å²) in [5.41, 5.74) is 2.05. The van der Waals surface area contributed by atoms with Crippen molar-refractivity contribution in [3.05, 3.63) is 77.7 Å². The van der Waals surface area contributed by atoms with Gasteiger partial charge < -0.3 is 9.26 Å². The SMILES string of the molecule is Cc1ccccc1OCc1nnc(S[C@@H](C)c2nc(C(C)C)no2)n1-c1ccccc1. The van der Waals surface area contributed by atoms with Crippen molar-refractivity contribution in [2.75, 3.05) is 0 Å². The zero-order valence-electron chi connectivity index (χ0n) is 18.0. The van der Waals surface area contributed by atoms with Crippen molar-refractivity contribution < 1.29 is 9.26 Å². The summed E-state index contributed by atoms with van der Waals surface area (Å²) in [6, 6.07) is 18.0. The van der Waals surface area contributed by atoms with Crippen molar-refractivity contribution in [3.8, 4) is 11.4 Å². The van der Waals surface area contributed by atoms with E-state index in [-0.39, 0.29) is 11.2 Å². The molecule has 4 aromatic rings. The lowest BCUT2D eigenvalue weighted by atomic mass is 10.2. The van der Waals surface area contributed by atoms with Crippen molar-refractivity contribution in [3.63, 3.8) is 0 Å². The number of para-hydroxylation sites is 2. The molecule has 2 heterocycles. The Morgan fingerprint density at radius 2 is 1.74 bits per heavy atom. The fourth-order valence-electron chi connectivity index (χ4n) is 3.02. The Kier molecular flexibility index (Phi) is 6.36. The molecule has 0 bridgehead atoms. The third-order valence-corrected chi connectivity index (χ3v) is 5.80. The number of hydrogen-bond donors (Lipinski definition) is 0. The van der Waals surface area contributed by atoms with Gasteiger partial charge in [-0.05, 0) is 37.6 Å². The highest BCUT2D eigenvalue weighted by Gasteiger charge is 2.22. The summed E-state index contributed by atoms with van der Waals surface area (Å²) in [5, 5.41) is 13.6. The van der Waals surface area contributed by atoms with Gasteiger partial charge in [0.2, 0.25) is 5.89 Å². The molecule has 0 spiro atoms. The van der Waals surface area contributed by atoms with Gasteiger partial charge in [-0.25, -0.2) is 0 Å². The van der Waals surface area contributed by atoms with Crippen molar-refractivity contribution >= 4 is 11.8 Å². The van der Waals surface area contributed by atoms with Crippen LogP contribution in [0.1, 0.15) is 55.0 Å². The highest BCUT2D eigenvalue weighted by atomic mass is 32.2. The molecule has 0 aliphatic carbocycles. The molecule has 0 aliphatic heterocycles. The standard InChI is InChI=1S/C23H25N5O2S/c1-15(2)21-24-22(30-27-21)17(4)31-23-26-25-20(28(23)18-11-6-5-7-12-18)14-29-19-13-9-8-10-16(19)3/h5-13,15,17H,14H2,1-4H3/t17-/m0/s1. The van der Waals surface area contributed by atoms with E-state index in [9.17, 15) is 0 Å². The number of nitrogens with zero attached hydrogens (tertiary/aromatic N) is 5. The lowest BCUT2D eigenvalue weighted by Gasteiger charge is -2.13. The Bertz CT molecular complexity index is 1140. The lowest BCUT2D eigenvalue weighted by Crippen LogP contribution is -2.07. The second-order valence-corrected chi connectivity index (χ2v) is 8.84. The minimum atomic E-state index is -0.0724. The van der Waals surface area contributed by atoms with Gasteiger partial charge in [-0.15, -0.1) is 10.2 Å². The van der Waals surface area contributed by atoms with Gasteiger partial charge in [0.1, 0.15) is 12.4 Å². The topological polar surface area (TPSA) is 78.9 Å². The molecule has 0 amide bonds. The van der Waals surface area contributed by atoms with Crippen molar-refractivity contribution in [2.45, 2.75) is 50.6 Å². The van der Waals surface area contributed by atoms with E-state index in [1.54, 1.807) is 0 Å². The first-order valence-corrected chi connectivity index (χ1v) is 11.1. The molecule has 0 N–H and O–H groups in total. The maximum Gasteiger partial charge on any atom is 0.239 e. The third-order valence-electron chi connectivity index (χ3n) is 4.77. The largest absolute Gasteiger partial charge is 0.485 e. The van der Waals surface area contributed by atoms with E-state index in [0.717, 1.165) is 28.0 Å². The molecule has 0 fully saturated rings. The van der Waals surface area contributed by atoms with Gasteiger partial charge in [0.25, 0.3) is 0 Å². The number of hydrogen-bond acceptors (Lipinski definition) is 7. The summed E-state index contributed by atoms with van der Waals surface area (Å²) in [5.74, 6) is 3.05. The minimum absolute atomic E-state index is 0.0724. The zero-order valence-corrected chi connectivity index (χ0v) is 18.8. The number of thioether (sulfide) groups is 1. The molecule has 7 nitrogen and oxygen atoms in total. The molecular formula is C23H25N5O2S. The quantitative estimate of drug-likeness (QED) is 0.337. The van der Waals surface area contributed by atoms with Crippen molar-refractivity contribution in [1.29, 1.82) is 0 Å². The van der Waals surface area contributed by atoms with Gasteiger partial charge in [0.15, 0.2) is 16.8 Å². The molecule has 2 aromatic heterocycles. The summed E-state index contributed by atoms with van der Waals surface area (Å²) in [4.78, 5) is 4.52. The summed E-state index contributed by atoms with van der Waals surface area (Å²) in [6.45, 7) is 8.43. The van der Waals surface area contributed by atoms with Crippen LogP contribution in [-0.4, -0.2) is 24.9 Å². The summed E-state index contributed by atoms with van der Waals surface area (Å²) >= 11 is 1.53. The molecule has 1 atom stereocenters. The highest BCUT2D eigenvalue weighted by Crippen LogP contribution is 2.35. The molecule has 0 radical (unpaired) electrons. The smallest absolute Gasteiger partial charge is 0.239 e. The Morgan fingerprint density at radius 3 is 2.45 bits per heavy atom. The summed E-state index contributed by atoms with van der Waals surface area (Å²) in [7, 11) is 0. The third kappa shape index (κ3) is 4.80. The molecule has 0 aliphatic rings. The summed E-state index contributed by atoms with van der Waals surface area (Å²) in [6.07, 6.45) is 0. The van der Waals surface area contributed by atoms with E-state index >= 15 is 0 Å². The fraction of sp³-hybridized carbons (Fsp3) is 0.304. The maximum absolute atomic E-state index is 6.04. The van der Waals surface area contributed by atoms with Crippen LogP contribution in [0.4, 0.5) is 0 Å². The molecular weight excluding hydrogens is 410 g/mol. The Labute approximate surface area is 185 Å². The first kappa shape index (κ1) is 21.1. The minimum Gasteiger partial charge on any atom is -0.485 e. The molecule has 0 unspecified atom stereocenters. The molecule has 31 heavy (non-hydrogen) atoms. The molecule has 160 valence electrons. The number of aryl methyl sites for hydroxylation is 1. The van der Waals surface area contributed by atoms with Crippen LogP contribution in [0.25, 0.3) is 5.69 Å². The number of benzene rings is 2. The number of ether oxygens (including phenoxy) is 1. The monoisotopic (exact) mass is 435 g/mol. The van der Waals surface area contributed by atoms with E-state index in [4.69, 9.17) is 9.26 Å². The number of rotatable bonds is 8. The maximum atomic E-state index is 6.04. The molecule has 8 heteroatoms. The fourth-order valence-corrected chi connectivity index (χ4v) is 3.94. The van der Waals surface area contributed by atoms with Crippen LogP contribution in [0.15, 0.2) is 64.3 Å². The summed E-state index contributed by atoms with van der Waals surface area (Å²) < 4.78 is 13.5. The van der Waals surface area contributed by atoms with Crippen LogP contribution >= 0.6 is 11.8 Å². The molecule has 2 aromatic carbocycles. The van der Waals surface area contributed by atoms with Crippen LogP contribution in [0.5, 0.6) is 5.75 Å². The molecule has 0 saturated heterocycles. The van der Waals surface area contributed by atoms with Crippen LogP contribution < -0.4 is 4.74 Å². The average molecular weight is 436 g/mol. The Balaban J connectivity index is 1.60. The Hall–Kier alpha value is -3.13. The molecule has 0 saturated carbocycles. The second-order valence-electron chi connectivity index (χ2n) is 7.53. The van der Waals surface area contributed by atoms with E-state index in [0.29, 0.717) is 18.3 Å². The van der Waals surface area contributed by atoms with Gasteiger partial charge in [-0.2, -0.15) is 4.98 Å². The van der Waals surface area contributed by atoms with Crippen LogP contribution in [0.2, 0.25) is 0 Å². The van der Waals surface area contributed by atoms with Gasteiger partial charge >= 0.3 is 0 Å². The average Bonchev–Trinajstić information content (AvgIpc) is 3.41. The second kappa shape index (κ2) is 9.34. The van der Waals surface area contributed by atoms with Crippen LogP contribution in [-0.2, 0) is 6.61 Å². The number of aromatic nitrogens is 5. The van der Waals surface area contributed by atoms with Gasteiger partial charge in [-0.1, -0.05) is 67.2 Å². The van der Waals surface area contributed by atoms with E-state index < -0.39 is 0 Å². The normalized spacial score (nSPS) is 12.3. The predicted octanol–water partition coefficient (Wildman–Crippen LogP) is 5.51. The van der Waals surface area contributed by atoms with Gasteiger partial charge in [-0.3, -0.25) is 4.57 Å². The molecule has 4 rings (SSSR count). The Morgan fingerprint density at radius 1 is 1.00 bits per heavy atom. The first-order chi connectivity index (χ1) is 15.0. The van der Waals surface area contributed by atoms with E-state index in [2.05, 4.69) is 20.3 Å². The van der Waals surface area contributed by atoms with E-state index in [1.165, 1.54) is 11.8 Å². The van der Waals surface area contributed by atoms with Crippen molar-refractivity contribution in [2.24, 2.45) is 0 Å². The van der Waals surface area contributed by atoms with E-state index in [1.807, 2.05) is 86.9 Å². The predicted molar refractivity (Wildman–Crippen MR) is 120 cm³/mol. The first-order valence-electron chi connectivity index (χ1n) is 10.2. The van der Waals surface area contributed by atoms with Crippen LogP contribution in [0.3, 0.4) is 0 Å². The zero-order chi connectivity index (χ0) is 21.8. The van der Waals surface area contributed by atoms with Crippen LogP contribution in [0, 0.1) is 6.92 Å². The van der Waals surface area contributed by atoms with Crippen molar-refractivity contribution in [1.82, 2.24) is 24.9 Å². The van der Waals surface area contributed by atoms with Gasteiger partial charge in [0, 0.05) is 11.6 Å².